The van der Waals surface area contributed by atoms with Gasteiger partial charge in [-0.1, -0.05) is 37.2 Å². The number of anilines is 1. The molecule has 0 aromatic carbocycles. The lowest BCUT2D eigenvalue weighted by molar-refractivity contribution is 0.102. The van der Waals surface area contributed by atoms with E-state index in [1.807, 2.05) is 13.0 Å². The van der Waals surface area contributed by atoms with E-state index in [-0.39, 0.29) is 16.3 Å². The van der Waals surface area contributed by atoms with Crippen molar-refractivity contribution in [3.63, 3.8) is 0 Å². The zero-order valence-corrected chi connectivity index (χ0v) is 16.4. The molecule has 0 aliphatic carbocycles. The standard InChI is InChI=1S/C18H20ClN5OS/c1-17(2)10-18(3,24-16(20)26-17)11-6-13(9-21-7-11)23-15(25)14-5-4-12(19)8-22-14/h4-9H,10H2,1-3H3,(H2,20,24)(H,23,25). The second-order valence-electron chi connectivity index (χ2n) is 7.04. The number of amidine groups is 1. The fraction of sp³-hybridized carbons (Fsp3) is 0.333. The molecule has 3 rings (SSSR count). The predicted octanol–water partition coefficient (Wildman–Crippen LogP) is 3.83. The Balaban J connectivity index is 1.85. The van der Waals surface area contributed by atoms with Crippen molar-refractivity contribution >= 4 is 40.1 Å². The van der Waals surface area contributed by atoms with Crippen LogP contribution in [0, 0.1) is 0 Å². The molecule has 6 nitrogen and oxygen atoms in total. The molecule has 1 unspecified atom stereocenters. The van der Waals surface area contributed by atoms with Gasteiger partial charge in [-0.05, 0) is 37.1 Å². The normalized spacial score (nSPS) is 21.8. The largest absolute Gasteiger partial charge is 0.378 e. The molecule has 136 valence electrons. The van der Waals surface area contributed by atoms with Gasteiger partial charge in [0.1, 0.15) is 5.69 Å². The van der Waals surface area contributed by atoms with Gasteiger partial charge < -0.3 is 11.1 Å². The third-order valence-corrected chi connectivity index (χ3v) is 5.31. The molecule has 2 aromatic heterocycles. The van der Waals surface area contributed by atoms with Crippen LogP contribution in [0.5, 0.6) is 0 Å². The Labute approximate surface area is 161 Å². The number of carbonyl (C=O) groups is 1. The minimum atomic E-state index is -0.495. The molecule has 1 atom stereocenters. The summed E-state index contributed by atoms with van der Waals surface area (Å²) in [4.78, 5) is 25.3. The van der Waals surface area contributed by atoms with Gasteiger partial charge in [0.15, 0.2) is 5.17 Å². The van der Waals surface area contributed by atoms with E-state index in [0.717, 1.165) is 12.0 Å². The molecule has 3 N–H and O–H groups in total. The van der Waals surface area contributed by atoms with Crippen LogP contribution in [0.3, 0.4) is 0 Å². The van der Waals surface area contributed by atoms with Crippen molar-refractivity contribution < 1.29 is 4.79 Å². The Morgan fingerprint density at radius 3 is 2.69 bits per heavy atom. The Morgan fingerprint density at radius 2 is 2.04 bits per heavy atom. The summed E-state index contributed by atoms with van der Waals surface area (Å²) in [6.45, 7) is 6.32. The predicted molar refractivity (Wildman–Crippen MR) is 107 cm³/mol. The number of amides is 1. The first-order valence-electron chi connectivity index (χ1n) is 8.10. The average molecular weight is 390 g/mol. The van der Waals surface area contributed by atoms with Gasteiger partial charge in [-0.3, -0.25) is 14.8 Å². The van der Waals surface area contributed by atoms with E-state index in [0.29, 0.717) is 15.9 Å². The molecule has 0 saturated heterocycles. The molecule has 2 aromatic rings. The molecule has 8 heteroatoms. The molecule has 1 aliphatic rings. The number of aliphatic imine (C=N–C) groups is 1. The van der Waals surface area contributed by atoms with E-state index in [9.17, 15) is 4.79 Å². The third-order valence-electron chi connectivity index (χ3n) is 4.09. The van der Waals surface area contributed by atoms with E-state index < -0.39 is 5.54 Å². The van der Waals surface area contributed by atoms with Gasteiger partial charge in [0.25, 0.3) is 5.91 Å². The summed E-state index contributed by atoms with van der Waals surface area (Å²) in [7, 11) is 0. The van der Waals surface area contributed by atoms with Crippen molar-refractivity contribution in [1.29, 1.82) is 0 Å². The van der Waals surface area contributed by atoms with Crippen LogP contribution in [-0.4, -0.2) is 25.8 Å². The van der Waals surface area contributed by atoms with Crippen molar-refractivity contribution in [1.82, 2.24) is 9.97 Å². The molecule has 0 saturated carbocycles. The van der Waals surface area contributed by atoms with Gasteiger partial charge in [-0.25, -0.2) is 4.98 Å². The first kappa shape index (κ1) is 18.7. The van der Waals surface area contributed by atoms with Crippen molar-refractivity contribution in [2.75, 3.05) is 5.32 Å². The summed E-state index contributed by atoms with van der Waals surface area (Å²) in [6.07, 6.45) is 5.60. The number of halogens is 1. The van der Waals surface area contributed by atoms with E-state index in [1.54, 1.807) is 36.3 Å². The lowest BCUT2D eigenvalue weighted by atomic mass is 9.84. The highest BCUT2D eigenvalue weighted by molar-refractivity contribution is 8.15. The number of nitrogens with zero attached hydrogens (tertiary/aromatic N) is 3. The average Bonchev–Trinajstić information content (AvgIpc) is 2.53. The topological polar surface area (TPSA) is 93.3 Å². The lowest BCUT2D eigenvalue weighted by Crippen LogP contribution is -2.38. The summed E-state index contributed by atoms with van der Waals surface area (Å²) in [6, 6.07) is 5.07. The summed E-state index contributed by atoms with van der Waals surface area (Å²) >= 11 is 7.38. The first-order chi connectivity index (χ1) is 12.2. The summed E-state index contributed by atoms with van der Waals surface area (Å²) in [5.74, 6) is -0.326. The highest BCUT2D eigenvalue weighted by Gasteiger charge is 2.39. The van der Waals surface area contributed by atoms with Crippen molar-refractivity contribution in [3.8, 4) is 0 Å². The second-order valence-corrected chi connectivity index (χ2v) is 9.20. The maximum Gasteiger partial charge on any atom is 0.274 e. The van der Waals surface area contributed by atoms with Gasteiger partial charge in [-0.2, -0.15) is 0 Å². The van der Waals surface area contributed by atoms with Crippen LogP contribution in [0.15, 0.2) is 41.8 Å². The first-order valence-corrected chi connectivity index (χ1v) is 9.29. The molecular formula is C18H20ClN5OS. The molecule has 1 amide bonds. The molecule has 0 fully saturated rings. The number of pyridine rings is 2. The van der Waals surface area contributed by atoms with Crippen LogP contribution in [0.25, 0.3) is 0 Å². The number of carbonyl (C=O) groups excluding carboxylic acids is 1. The maximum absolute atomic E-state index is 12.4. The minimum absolute atomic E-state index is 0.0347. The Kier molecular flexibility index (Phi) is 4.94. The van der Waals surface area contributed by atoms with Crippen molar-refractivity contribution in [3.05, 3.63) is 53.1 Å². The quantitative estimate of drug-likeness (QED) is 0.832. The van der Waals surface area contributed by atoms with E-state index in [2.05, 4.69) is 34.1 Å². The SMILES string of the molecule is CC1(C)CC(C)(c2cncc(NC(=O)c3ccc(Cl)cn3)c2)N=C(N)S1. The number of aromatic nitrogens is 2. The number of thioether (sulfide) groups is 1. The monoisotopic (exact) mass is 389 g/mol. The van der Waals surface area contributed by atoms with E-state index >= 15 is 0 Å². The molecular weight excluding hydrogens is 370 g/mol. The van der Waals surface area contributed by atoms with Gasteiger partial charge in [-0.15, -0.1) is 0 Å². The summed E-state index contributed by atoms with van der Waals surface area (Å²) < 4.78 is -0.0347. The Bertz CT molecular complexity index is 868. The maximum atomic E-state index is 12.4. The van der Waals surface area contributed by atoms with Crippen LogP contribution in [0.4, 0.5) is 5.69 Å². The van der Waals surface area contributed by atoms with Crippen LogP contribution in [0.1, 0.15) is 43.2 Å². The lowest BCUT2D eigenvalue weighted by Gasteiger charge is -2.39. The molecule has 3 heterocycles. The van der Waals surface area contributed by atoms with Gasteiger partial charge in [0, 0.05) is 17.1 Å². The zero-order chi connectivity index (χ0) is 18.9. The third kappa shape index (κ3) is 4.16. The van der Waals surface area contributed by atoms with E-state index in [1.165, 1.54) is 6.20 Å². The number of nitrogens with one attached hydrogen (secondary N) is 1. The smallest absolute Gasteiger partial charge is 0.274 e. The van der Waals surface area contributed by atoms with Crippen LogP contribution >= 0.6 is 23.4 Å². The van der Waals surface area contributed by atoms with Crippen LogP contribution in [-0.2, 0) is 5.54 Å². The number of hydrogen-bond acceptors (Lipinski definition) is 6. The van der Waals surface area contributed by atoms with Gasteiger partial charge >= 0.3 is 0 Å². The zero-order valence-electron chi connectivity index (χ0n) is 14.8. The van der Waals surface area contributed by atoms with Gasteiger partial charge in [0.05, 0.1) is 22.4 Å². The molecule has 0 spiro atoms. The highest BCUT2D eigenvalue weighted by atomic mass is 35.5. The molecule has 0 radical (unpaired) electrons. The van der Waals surface area contributed by atoms with Crippen molar-refractivity contribution in [2.45, 2.75) is 37.5 Å². The Hall–Kier alpha value is -2.12. The van der Waals surface area contributed by atoms with Crippen LogP contribution < -0.4 is 11.1 Å². The highest BCUT2D eigenvalue weighted by Crippen LogP contribution is 2.44. The second kappa shape index (κ2) is 6.89. The Morgan fingerprint density at radius 1 is 1.27 bits per heavy atom. The summed E-state index contributed by atoms with van der Waals surface area (Å²) in [5, 5.41) is 3.85. The van der Waals surface area contributed by atoms with Crippen LogP contribution in [0.2, 0.25) is 5.02 Å². The number of rotatable bonds is 3. The van der Waals surface area contributed by atoms with Crippen molar-refractivity contribution in [2.24, 2.45) is 10.7 Å². The van der Waals surface area contributed by atoms with E-state index in [4.69, 9.17) is 17.3 Å². The molecule has 0 bridgehead atoms. The summed E-state index contributed by atoms with van der Waals surface area (Å²) in [5.41, 5.74) is 7.30. The fourth-order valence-corrected chi connectivity index (χ4v) is 4.41. The minimum Gasteiger partial charge on any atom is -0.378 e. The molecule has 26 heavy (non-hydrogen) atoms. The van der Waals surface area contributed by atoms with Gasteiger partial charge in [0.2, 0.25) is 0 Å². The number of nitrogens with two attached hydrogens (primary N) is 1. The fourth-order valence-electron chi connectivity index (χ4n) is 3.13. The molecule has 1 aliphatic heterocycles. The number of hydrogen-bond donors (Lipinski definition) is 2.